The molecule has 3 rings (SSSR count). The van der Waals surface area contributed by atoms with Gasteiger partial charge in [0.25, 0.3) is 0 Å². The van der Waals surface area contributed by atoms with Crippen molar-refractivity contribution < 1.29 is 14.6 Å². The van der Waals surface area contributed by atoms with Crippen LogP contribution in [0.1, 0.15) is 57.2 Å². The molecule has 1 spiro atoms. The normalized spacial score (nSPS) is 27.1. The van der Waals surface area contributed by atoms with E-state index in [9.17, 15) is 5.11 Å². The van der Waals surface area contributed by atoms with E-state index in [1.165, 1.54) is 0 Å². The van der Waals surface area contributed by atoms with E-state index in [-0.39, 0.29) is 11.5 Å². The summed E-state index contributed by atoms with van der Waals surface area (Å²) < 4.78 is 13.4. The van der Waals surface area contributed by atoms with Crippen molar-refractivity contribution in [2.45, 2.75) is 57.3 Å². The maximum absolute atomic E-state index is 10.7. The number of aromatic nitrogens is 2. The summed E-state index contributed by atoms with van der Waals surface area (Å²) >= 11 is 0. The van der Waals surface area contributed by atoms with Crippen LogP contribution >= 0.6 is 0 Å². The molecule has 0 bridgehead atoms. The van der Waals surface area contributed by atoms with Crippen molar-refractivity contribution >= 4 is 0 Å². The Labute approximate surface area is 126 Å². The third-order valence-electron chi connectivity index (χ3n) is 4.87. The molecule has 2 fully saturated rings. The molecule has 5 nitrogen and oxygen atoms in total. The lowest BCUT2D eigenvalue weighted by Gasteiger charge is -2.44. The first-order valence-corrected chi connectivity index (χ1v) is 8.03. The summed E-state index contributed by atoms with van der Waals surface area (Å²) in [6.07, 6.45) is 7.06. The number of aliphatic hydroxyl groups excluding tert-OH is 1. The first-order chi connectivity index (χ1) is 10.1. The van der Waals surface area contributed by atoms with E-state index in [1.807, 2.05) is 10.9 Å². The number of ether oxygens (including phenoxy) is 2. The molecule has 2 atom stereocenters. The fourth-order valence-electron chi connectivity index (χ4n) is 3.49. The lowest BCUT2D eigenvalue weighted by molar-refractivity contribution is -0.159. The Hall–Kier alpha value is -0.910. The predicted octanol–water partition coefficient (Wildman–Crippen LogP) is 2.47. The first-order valence-electron chi connectivity index (χ1n) is 8.03. The van der Waals surface area contributed by atoms with Crippen molar-refractivity contribution in [2.24, 2.45) is 5.92 Å². The van der Waals surface area contributed by atoms with E-state index >= 15 is 0 Å². The van der Waals surface area contributed by atoms with Crippen molar-refractivity contribution in [3.8, 4) is 0 Å². The lowest BCUT2D eigenvalue weighted by atomic mass is 9.77. The molecule has 1 aromatic heterocycles. The highest BCUT2D eigenvalue weighted by molar-refractivity contribution is 5.11. The van der Waals surface area contributed by atoms with Gasteiger partial charge in [0.1, 0.15) is 0 Å². The molecule has 0 aliphatic carbocycles. The van der Waals surface area contributed by atoms with E-state index < -0.39 is 6.10 Å². The molecule has 3 heterocycles. The molecule has 1 N–H and O–H groups in total. The Kier molecular flexibility index (Phi) is 4.33. The quantitative estimate of drug-likeness (QED) is 0.930. The van der Waals surface area contributed by atoms with Crippen LogP contribution in [0, 0.1) is 5.92 Å². The Morgan fingerprint density at radius 3 is 2.76 bits per heavy atom. The summed E-state index contributed by atoms with van der Waals surface area (Å²) in [5.41, 5.74) is 0.855. The molecule has 5 heteroatoms. The van der Waals surface area contributed by atoms with Crippen molar-refractivity contribution in [1.82, 2.24) is 9.78 Å². The van der Waals surface area contributed by atoms with Crippen LogP contribution in [0.2, 0.25) is 0 Å². The minimum Gasteiger partial charge on any atom is -0.388 e. The maximum Gasteiger partial charge on any atom is 0.0850 e. The monoisotopic (exact) mass is 294 g/mol. The van der Waals surface area contributed by atoms with Crippen LogP contribution in [0.25, 0.3) is 0 Å². The molecule has 0 radical (unpaired) electrons. The number of aliphatic hydroxyl groups is 1. The second-order valence-corrected chi connectivity index (χ2v) is 6.69. The standard InChI is InChI=1S/C16H26N2O3/c1-12(2)18-11-14(10-17-18)15(19)13-3-6-21-16(9-13)4-7-20-8-5-16/h10-13,15,19H,3-9H2,1-2H3. The second kappa shape index (κ2) is 6.07. The van der Waals surface area contributed by atoms with Crippen LogP contribution in [-0.2, 0) is 9.47 Å². The molecule has 0 amide bonds. The number of hydrogen-bond donors (Lipinski definition) is 1. The topological polar surface area (TPSA) is 56.5 Å². The second-order valence-electron chi connectivity index (χ2n) is 6.69. The SMILES string of the molecule is CC(C)n1cc(C(O)C2CCOC3(CCOCC3)C2)cn1. The summed E-state index contributed by atoms with van der Waals surface area (Å²) in [5.74, 6) is 0.252. The van der Waals surface area contributed by atoms with Gasteiger partial charge in [-0.2, -0.15) is 5.10 Å². The molecular formula is C16H26N2O3. The molecule has 118 valence electrons. The highest BCUT2D eigenvalue weighted by Gasteiger charge is 2.41. The summed E-state index contributed by atoms with van der Waals surface area (Å²) in [5, 5.41) is 15.1. The zero-order valence-electron chi connectivity index (χ0n) is 13.0. The van der Waals surface area contributed by atoms with Crippen LogP contribution in [0.3, 0.4) is 0 Å². The number of nitrogens with zero attached hydrogens (tertiary/aromatic N) is 2. The zero-order chi connectivity index (χ0) is 14.9. The third kappa shape index (κ3) is 3.15. The predicted molar refractivity (Wildman–Crippen MR) is 79.0 cm³/mol. The highest BCUT2D eigenvalue weighted by atomic mass is 16.5. The van der Waals surface area contributed by atoms with Gasteiger partial charge in [-0.3, -0.25) is 4.68 Å². The maximum atomic E-state index is 10.7. The van der Waals surface area contributed by atoms with Crippen LogP contribution in [0.15, 0.2) is 12.4 Å². The number of hydrogen-bond acceptors (Lipinski definition) is 4. The molecular weight excluding hydrogens is 268 g/mol. The van der Waals surface area contributed by atoms with Crippen LogP contribution in [-0.4, -0.2) is 40.3 Å². The van der Waals surface area contributed by atoms with Gasteiger partial charge < -0.3 is 14.6 Å². The van der Waals surface area contributed by atoms with E-state index in [0.717, 1.165) is 51.1 Å². The molecule has 21 heavy (non-hydrogen) atoms. The minimum absolute atomic E-state index is 0.0732. The minimum atomic E-state index is -0.443. The van der Waals surface area contributed by atoms with Gasteiger partial charge in [0.2, 0.25) is 0 Å². The zero-order valence-corrected chi connectivity index (χ0v) is 13.0. The van der Waals surface area contributed by atoms with Gasteiger partial charge in [0, 0.05) is 37.6 Å². The largest absolute Gasteiger partial charge is 0.388 e. The van der Waals surface area contributed by atoms with E-state index in [4.69, 9.17) is 9.47 Å². The molecule has 2 unspecified atom stereocenters. The molecule has 2 saturated heterocycles. The Morgan fingerprint density at radius 2 is 2.10 bits per heavy atom. The van der Waals surface area contributed by atoms with Crippen LogP contribution < -0.4 is 0 Å². The van der Waals surface area contributed by atoms with Gasteiger partial charge in [-0.25, -0.2) is 0 Å². The van der Waals surface area contributed by atoms with E-state index in [0.29, 0.717) is 6.04 Å². The smallest absolute Gasteiger partial charge is 0.0850 e. The van der Waals surface area contributed by atoms with Gasteiger partial charge >= 0.3 is 0 Å². The van der Waals surface area contributed by atoms with Gasteiger partial charge in [0.05, 0.1) is 17.9 Å². The summed E-state index contributed by atoms with van der Waals surface area (Å²) in [6.45, 7) is 6.46. The van der Waals surface area contributed by atoms with Crippen molar-refractivity contribution in [3.05, 3.63) is 18.0 Å². The van der Waals surface area contributed by atoms with E-state index in [2.05, 4.69) is 18.9 Å². The van der Waals surface area contributed by atoms with Crippen molar-refractivity contribution in [1.29, 1.82) is 0 Å². The van der Waals surface area contributed by atoms with Crippen LogP contribution in [0.5, 0.6) is 0 Å². The van der Waals surface area contributed by atoms with Crippen molar-refractivity contribution in [3.63, 3.8) is 0 Å². The average Bonchev–Trinajstić information content (AvgIpc) is 2.97. The third-order valence-corrected chi connectivity index (χ3v) is 4.87. The Bertz CT molecular complexity index is 460. The van der Waals surface area contributed by atoms with E-state index in [1.54, 1.807) is 6.20 Å². The van der Waals surface area contributed by atoms with Gasteiger partial charge in [-0.1, -0.05) is 0 Å². The molecule has 0 aromatic carbocycles. The first kappa shape index (κ1) is 15.0. The molecule has 0 saturated carbocycles. The van der Waals surface area contributed by atoms with Gasteiger partial charge in [0.15, 0.2) is 0 Å². The van der Waals surface area contributed by atoms with Crippen molar-refractivity contribution in [2.75, 3.05) is 19.8 Å². The molecule has 1 aromatic rings. The molecule has 2 aliphatic rings. The molecule has 2 aliphatic heterocycles. The highest BCUT2D eigenvalue weighted by Crippen LogP contribution is 2.41. The summed E-state index contributed by atoms with van der Waals surface area (Å²) in [4.78, 5) is 0. The summed E-state index contributed by atoms with van der Waals surface area (Å²) in [6, 6.07) is 0.322. The van der Waals surface area contributed by atoms with Crippen LogP contribution in [0.4, 0.5) is 0 Å². The Morgan fingerprint density at radius 1 is 1.33 bits per heavy atom. The lowest BCUT2D eigenvalue weighted by Crippen LogP contribution is -2.45. The van der Waals surface area contributed by atoms with Gasteiger partial charge in [-0.05, 0) is 45.4 Å². The van der Waals surface area contributed by atoms with Gasteiger partial charge in [-0.15, -0.1) is 0 Å². The fourth-order valence-corrected chi connectivity index (χ4v) is 3.49. The summed E-state index contributed by atoms with van der Waals surface area (Å²) in [7, 11) is 0. The number of rotatable bonds is 3. The average molecular weight is 294 g/mol. The fraction of sp³-hybridized carbons (Fsp3) is 0.812. The Balaban J connectivity index is 1.69.